The molecule has 0 radical (unpaired) electrons. The number of halogens is 1. The monoisotopic (exact) mass is 383 g/mol. The van der Waals surface area contributed by atoms with Crippen LogP contribution >= 0.6 is 0 Å². The maximum atomic E-state index is 14.2. The van der Waals surface area contributed by atoms with E-state index in [4.69, 9.17) is 4.74 Å². The Labute approximate surface area is 167 Å². The third kappa shape index (κ3) is 3.96. The normalized spacial score (nSPS) is 24.8. The number of Topliss-reactive ketones (excluding diaryl/α,β-unsaturated/α-hetero) is 1. The Kier molecular flexibility index (Phi) is 6.17. The molecule has 0 spiro atoms. The van der Waals surface area contributed by atoms with Crippen molar-refractivity contribution < 1.29 is 13.9 Å². The van der Waals surface area contributed by atoms with Crippen molar-refractivity contribution in [3.8, 4) is 11.6 Å². The fourth-order valence-corrected chi connectivity index (χ4v) is 4.67. The largest absolute Gasteiger partial charge is 0.436 e. The molecule has 4 heteroatoms. The second kappa shape index (κ2) is 8.42. The molecule has 1 heterocycles. The fourth-order valence-electron chi connectivity index (χ4n) is 4.67. The summed E-state index contributed by atoms with van der Waals surface area (Å²) in [5.41, 5.74) is 1.71. The van der Waals surface area contributed by atoms with Crippen LogP contribution in [0.1, 0.15) is 75.7 Å². The molecule has 1 saturated carbocycles. The number of nitrogens with zero attached hydrogens (tertiary/aromatic N) is 1. The van der Waals surface area contributed by atoms with Crippen LogP contribution in [0.3, 0.4) is 0 Å². The molecular formula is C24H30FNO2. The first-order chi connectivity index (χ1) is 13.4. The van der Waals surface area contributed by atoms with Crippen LogP contribution in [-0.2, 0) is 5.41 Å². The molecule has 150 valence electrons. The molecule has 0 N–H and O–H groups in total. The van der Waals surface area contributed by atoms with Gasteiger partial charge in [0, 0.05) is 11.8 Å². The third-order valence-electron chi connectivity index (χ3n) is 6.60. The molecule has 1 fully saturated rings. The minimum absolute atomic E-state index is 0.112. The van der Waals surface area contributed by atoms with E-state index in [0.29, 0.717) is 17.6 Å². The van der Waals surface area contributed by atoms with Gasteiger partial charge in [0.15, 0.2) is 11.6 Å². The van der Waals surface area contributed by atoms with E-state index in [-0.39, 0.29) is 22.6 Å². The van der Waals surface area contributed by atoms with Crippen molar-refractivity contribution in [1.29, 1.82) is 0 Å². The molecule has 1 aromatic carbocycles. The molecule has 1 aliphatic carbocycles. The third-order valence-corrected chi connectivity index (χ3v) is 6.60. The second-order valence-corrected chi connectivity index (χ2v) is 8.29. The molecule has 1 aromatic heterocycles. The molecule has 3 rings (SSSR count). The van der Waals surface area contributed by atoms with E-state index >= 15 is 0 Å². The molecule has 0 amide bonds. The second-order valence-electron chi connectivity index (χ2n) is 8.29. The van der Waals surface area contributed by atoms with E-state index in [0.717, 1.165) is 0 Å². The van der Waals surface area contributed by atoms with E-state index in [1.807, 2.05) is 12.1 Å². The van der Waals surface area contributed by atoms with E-state index in [2.05, 4.69) is 37.9 Å². The molecule has 1 aliphatic rings. The van der Waals surface area contributed by atoms with Gasteiger partial charge in [0.2, 0.25) is 0 Å². The number of ether oxygens (including phenoxy) is 1. The van der Waals surface area contributed by atoms with E-state index in [1.54, 1.807) is 0 Å². The molecule has 28 heavy (non-hydrogen) atoms. The standard InChI is InChI=1S/C24H30FNO2/c1-5-7-19-9-6-8-16(2)24(19,4)20-10-12-21(13-11-20)28-23-22(25)14-18(15-26-23)17(3)27/h10-16,19H,5-9H2,1-4H3. The van der Waals surface area contributed by atoms with Crippen LogP contribution in [0.25, 0.3) is 0 Å². The SMILES string of the molecule is CCCC1CCCC(C)C1(C)c1ccc(Oc2ncc(C(C)=O)cc2F)cc1. The summed E-state index contributed by atoms with van der Waals surface area (Å²) in [5.74, 6) is 0.893. The van der Waals surface area contributed by atoms with Crippen molar-refractivity contribution >= 4 is 5.78 Å². The summed E-state index contributed by atoms with van der Waals surface area (Å²) in [4.78, 5) is 15.3. The van der Waals surface area contributed by atoms with Crippen LogP contribution in [0.2, 0.25) is 0 Å². The predicted octanol–water partition coefficient (Wildman–Crippen LogP) is 6.71. The van der Waals surface area contributed by atoms with Crippen LogP contribution in [0.15, 0.2) is 36.5 Å². The highest BCUT2D eigenvalue weighted by molar-refractivity contribution is 5.93. The highest BCUT2D eigenvalue weighted by atomic mass is 19.1. The van der Waals surface area contributed by atoms with Gasteiger partial charge in [-0.05, 0) is 67.2 Å². The summed E-state index contributed by atoms with van der Waals surface area (Å²) in [7, 11) is 0. The van der Waals surface area contributed by atoms with Gasteiger partial charge in [-0.25, -0.2) is 9.37 Å². The van der Waals surface area contributed by atoms with Crippen LogP contribution in [0, 0.1) is 17.7 Å². The Bertz CT molecular complexity index is 831. The number of aromatic nitrogens is 1. The zero-order chi connectivity index (χ0) is 20.3. The molecule has 3 nitrogen and oxygen atoms in total. The fraction of sp³-hybridized carbons (Fsp3) is 0.500. The summed E-state index contributed by atoms with van der Waals surface area (Å²) in [6, 6.07) is 9.18. The molecule has 0 aliphatic heterocycles. The maximum Gasteiger partial charge on any atom is 0.255 e. The number of hydrogen-bond donors (Lipinski definition) is 0. The van der Waals surface area contributed by atoms with Crippen molar-refractivity contribution in [3.63, 3.8) is 0 Å². The quantitative estimate of drug-likeness (QED) is 0.520. The van der Waals surface area contributed by atoms with Gasteiger partial charge in [-0.15, -0.1) is 0 Å². The summed E-state index contributed by atoms with van der Waals surface area (Å²) >= 11 is 0. The van der Waals surface area contributed by atoms with E-state index < -0.39 is 5.82 Å². The molecular weight excluding hydrogens is 353 g/mol. The lowest BCUT2D eigenvalue weighted by Crippen LogP contribution is -2.41. The number of benzene rings is 1. The zero-order valence-electron chi connectivity index (χ0n) is 17.3. The zero-order valence-corrected chi connectivity index (χ0v) is 17.3. The summed E-state index contributed by atoms with van der Waals surface area (Å²) in [5, 5.41) is 0. The Morgan fingerprint density at radius 2 is 2.00 bits per heavy atom. The van der Waals surface area contributed by atoms with Crippen molar-refractivity contribution in [1.82, 2.24) is 4.98 Å². The lowest BCUT2D eigenvalue weighted by Gasteiger charge is -2.47. The molecule has 3 atom stereocenters. The average Bonchev–Trinajstić information content (AvgIpc) is 2.67. The summed E-state index contributed by atoms with van der Waals surface area (Å²) < 4.78 is 19.8. The Balaban J connectivity index is 1.82. The summed E-state index contributed by atoms with van der Waals surface area (Å²) in [6.45, 7) is 8.40. The van der Waals surface area contributed by atoms with Gasteiger partial charge >= 0.3 is 0 Å². The minimum atomic E-state index is -0.632. The highest BCUT2D eigenvalue weighted by Gasteiger charge is 2.42. The minimum Gasteiger partial charge on any atom is -0.436 e. The summed E-state index contributed by atoms with van der Waals surface area (Å²) in [6.07, 6.45) is 7.64. The maximum absolute atomic E-state index is 14.2. The van der Waals surface area contributed by atoms with Gasteiger partial charge in [-0.2, -0.15) is 0 Å². The smallest absolute Gasteiger partial charge is 0.255 e. The van der Waals surface area contributed by atoms with Crippen LogP contribution in [-0.4, -0.2) is 10.8 Å². The number of rotatable bonds is 6. The topological polar surface area (TPSA) is 39.2 Å². The number of carbonyl (C=O) groups excluding carboxylic acids is 1. The lowest BCUT2D eigenvalue weighted by atomic mass is 9.57. The van der Waals surface area contributed by atoms with Crippen LogP contribution in [0.5, 0.6) is 11.6 Å². The first-order valence-electron chi connectivity index (χ1n) is 10.3. The van der Waals surface area contributed by atoms with Gasteiger partial charge in [-0.3, -0.25) is 4.79 Å². The van der Waals surface area contributed by atoms with Crippen molar-refractivity contribution in [2.24, 2.45) is 11.8 Å². The molecule has 2 aromatic rings. The first kappa shape index (κ1) is 20.5. The average molecular weight is 384 g/mol. The Morgan fingerprint density at radius 3 is 2.61 bits per heavy atom. The molecule has 3 unspecified atom stereocenters. The number of ketones is 1. The predicted molar refractivity (Wildman–Crippen MR) is 109 cm³/mol. The Hall–Kier alpha value is -2.23. The van der Waals surface area contributed by atoms with Gasteiger partial charge in [0.05, 0.1) is 0 Å². The van der Waals surface area contributed by atoms with Crippen molar-refractivity contribution in [3.05, 3.63) is 53.5 Å². The van der Waals surface area contributed by atoms with Gasteiger partial charge in [-0.1, -0.05) is 45.7 Å². The number of carbonyl (C=O) groups is 1. The van der Waals surface area contributed by atoms with E-state index in [9.17, 15) is 9.18 Å². The number of pyridine rings is 1. The van der Waals surface area contributed by atoms with Gasteiger partial charge in [0.1, 0.15) is 5.75 Å². The van der Waals surface area contributed by atoms with Crippen molar-refractivity contribution in [2.75, 3.05) is 0 Å². The molecule has 0 saturated heterocycles. The van der Waals surface area contributed by atoms with Crippen LogP contribution in [0.4, 0.5) is 4.39 Å². The number of hydrogen-bond acceptors (Lipinski definition) is 3. The first-order valence-corrected chi connectivity index (χ1v) is 10.3. The lowest BCUT2D eigenvalue weighted by molar-refractivity contribution is 0.101. The van der Waals surface area contributed by atoms with Crippen molar-refractivity contribution in [2.45, 2.75) is 65.2 Å². The van der Waals surface area contributed by atoms with E-state index in [1.165, 1.54) is 56.9 Å². The van der Waals surface area contributed by atoms with Gasteiger partial charge in [0.25, 0.3) is 5.88 Å². The van der Waals surface area contributed by atoms with Crippen LogP contribution < -0.4 is 4.74 Å². The van der Waals surface area contributed by atoms with Gasteiger partial charge < -0.3 is 4.74 Å². The Morgan fingerprint density at radius 1 is 1.29 bits per heavy atom. The molecule has 0 bridgehead atoms. The highest BCUT2D eigenvalue weighted by Crippen LogP contribution is 2.49.